The van der Waals surface area contributed by atoms with Crippen molar-refractivity contribution in [3.8, 4) is 5.75 Å². The van der Waals surface area contributed by atoms with Crippen LogP contribution in [0.4, 0.5) is 0 Å². The van der Waals surface area contributed by atoms with Crippen molar-refractivity contribution < 1.29 is 14.6 Å². The van der Waals surface area contributed by atoms with Crippen LogP contribution in [0.2, 0.25) is 0 Å². The van der Waals surface area contributed by atoms with Gasteiger partial charge >= 0.3 is 5.97 Å². The Balaban J connectivity index is 3.15. The van der Waals surface area contributed by atoms with Crippen molar-refractivity contribution in [2.45, 2.75) is 4.43 Å². The van der Waals surface area contributed by atoms with Crippen LogP contribution in [0.5, 0.6) is 5.75 Å². The summed E-state index contributed by atoms with van der Waals surface area (Å²) in [7, 11) is 1.32. The molecule has 0 spiro atoms. The first-order chi connectivity index (χ1) is 6.19. The van der Waals surface area contributed by atoms with Crippen LogP contribution in [0.1, 0.15) is 15.9 Å². The van der Waals surface area contributed by atoms with E-state index in [1.165, 1.54) is 13.2 Å². The number of hydrogen-bond acceptors (Lipinski definition) is 3. The summed E-state index contributed by atoms with van der Waals surface area (Å²) in [4.78, 5) is 11.2. The highest BCUT2D eigenvalue weighted by atomic mass is 127. The number of hydrogen-bond donors (Lipinski definition) is 1. The molecule has 0 saturated carbocycles. The van der Waals surface area contributed by atoms with Crippen molar-refractivity contribution in [1.29, 1.82) is 0 Å². The van der Waals surface area contributed by atoms with E-state index in [0.717, 1.165) is 5.56 Å². The third-order valence-electron chi connectivity index (χ3n) is 1.64. The summed E-state index contributed by atoms with van der Waals surface area (Å²) >= 11 is 2.15. The third-order valence-corrected chi connectivity index (χ3v) is 2.46. The lowest BCUT2D eigenvalue weighted by Gasteiger charge is -2.04. The molecule has 70 valence electrons. The number of methoxy groups -OCH3 is 1. The van der Waals surface area contributed by atoms with E-state index in [0.29, 0.717) is 9.99 Å². The molecule has 4 heteroatoms. The Morgan fingerprint density at radius 2 is 2.31 bits per heavy atom. The average molecular weight is 292 g/mol. The summed E-state index contributed by atoms with van der Waals surface area (Å²) in [5, 5.41) is 9.17. The summed E-state index contributed by atoms with van der Waals surface area (Å²) in [6.45, 7) is 0. The molecule has 0 radical (unpaired) electrons. The zero-order valence-electron chi connectivity index (χ0n) is 7.08. The molecule has 0 atom stereocenters. The molecular weight excluding hydrogens is 283 g/mol. The molecular formula is C9H9IO3. The number of esters is 1. The van der Waals surface area contributed by atoms with Gasteiger partial charge in [0, 0.05) is 4.43 Å². The zero-order chi connectivity index (χ0) is 9.84. The van der Waals surface area contributed by atoms with E-state index < -0.39 is 5.97 Å². The van der Waals surface area contributed by atoms with Gasteiger partial charge in [-0.2, -0.15) is 0 Å². The predicted molar refractivity (Wildman–Crippen MR) is 57.2 cm³/mol. The molecule has 0 aliphatic carbocycles. The van der Waals surface area contributed by atoms with Crippen molar-refractivity contribution >= 4 is 28.6 Å². The number of benzene rings is 1. The molecule has 0 aliphatic rings. The molecule has 0 fully saturated rings. The van der Waals surface area contributed by atoms with Crippen LogP contribution in [0.25, 0.3) is 0 Å². The summed E-state index contributed by atoms with van der Waals surface area (Å²) in [5.41, 5.74) is 1.29. The Bertz CT molecular complexity index is 323. The van der Waals surface area contributed by atoms with Gasteiger partial charge in [0.1, 0.15) is 5.75 Å². The second kappa shape index (κ2) is 4.45. The van der Waals surface area contributed by atoms with Gasteiger partial charge in [0.05, 0.1) is 12.7 Å². The minimum atomic E-state index is -0.414. The minimum absolute atomic E-state index is 0.0778. The fraction of sp³-hybridized carbons (Fsp3) is 0.222. The van der Waals surface area contributed by atoms with Gasteiger partial charge in [-0.15, -0.1) is 0 Å². The maximum atomic E-state index is 11.2. The van der Waals surface area contributed by atoms with Crippen molar-refractivity contribution in [3.05, 3.63) is 29.3 Å². The van der Waals surface area contributed by atoms with Crippen LogP contribution in [0, 0.1) is 0 Å². The standard InChI is InChI=1S/C9H9IO3/c1-13-9(12)8-4-7(11)3-2-6(8)5-10/h2-4,11H,5H2,1H3. The largest absolute Gasteiger partial charge is 0.508 e. The van der Waals surface area contributed by atoms with Gasteiger partial charge in [-0.3, -0.25) is 0 Å². The molecule has 1 rings (SSSR count). The van der Waals surface area contributed by atoms with Crippen LogP contribution in [-0.4, -0.2) is 18.2 Å². The summed E-state index contributed by atoms with van der Waals surface area (Å²) in [6.07, 6.45) is 0. The van der Waals surface area contributed by atoms with E-state index in [2.05, 4.69) is 27.3 Å². The maximum absolute atomic E-state index is 11.2. The number of halogens is 1. The van der Waals surface area contributed by atoms with E-state index in [4.69, 9.17) is 5.11 Å². The van der Waals surface area contributed by atoms with E-state index in [1.54, 1.807) is 12.1 Å². The van der Waals surface area contributed by atoms with Crippen LogP contribution in [0.15, 0.2) is 18.2 Å². The number of alkyl halides is 1. The first-order valence-electron chi connectivity index (χ1n) is 3.65. The van der Waals surface area contributed by atoms with Gasteiger partial charge < -0.3 is 9.84 Å². The van der Waals surface area contributed by atoms with Gasteiger partial charge in [-0.05, 0) is 17.7 Å². The molecule has 0 saturated heterocycles. The Morgan fingerprint density at radius 3 is 2.85 bits per heavy atom. The van der Waals surface area contributed by atoms with Gasteiger partial charge in [0.2, 0.25) is 0 Å². The van der Waals surface area contributed by atoms with Crippen molar-refractivity contribution in [2.75, 3.05) is 7.11 Å². The molecule has 13 heavy (non-hydrogen) atoms. The van der Waals surface area contributed by atoms with Gasteiger partial charge in [0.25, 0.3) is 0 Å². The van der Waals surface area contributed by atoms with Crippen molar-refractivity contribution in [2.24, 2.45) is 0 Å². The monoisotopic (exact) mass is 292 g/mol. The molecule has 0 unspecified atom stereocenters. The second-order valence-corrected chi connectivity index (χ2v) is 3.23. The number of carbonyl (C=O) groups is 1. The Morgan fingerprint density at radius 1 is 1.62 bits per heavy atom. The SMILES string of the molecule is COC(=O)c1cc(O)ccc1CI. The molecule has 0 amide bonds. The zero-order valence-corrected chi connectivity index (χ0v) is 9.24. The fourth-order valence-electron chi connectivity index (χ4n) is 0.981. The van der Waals surface area contributed by atoms with Crippen molar-refractivity contribution in [1.82, 2.24) is 0 Å². The highest BCUT2D eigenvalue weighted by molar-refractivity contribution is 14.1. The quantitative estimate of drug-likeness (QED) is 0.516. The molecule has 0 aromatic heterocycles. The summed E-state index contributed by atoms with van der Waals surface area (Å²) in [5.74, 6) is -0.337. The fourth-order valence-corrected chi connectivity index (χ4v) is 1.65. The van der Waals surface area contributed by atoms with E-state index in [-0.39, 0.29) is 5.75 Å². The molecule has 3 nitrogen and oxygen atoms in total. The topological polar surface area (TPSA) is 46.5 Å². The number of phenolic OH excluding ortho intramolecular Hbond substituents is 1. The third kappa shape index (κ3) is 2.33. The van der Waals surface area contributed by atoms with Crippen LogP contribution >= 0.6 is 22.6 Å². The normalized spacial score (nSPS) is 9.69. The van der Waals surface area contributed by atoms with Gasteiger partial charge in [-0.1, -0.05) is 28.7 Å². The van der Waals surface area contributed by atoms with Gasteiger partial charge in [-0.25, -0.2) is 4.79 Å². The van der Waals surface area contributed by atoms with Crippen molar-refractivity contribution in [3.63, 3.8) is 0 Å². The van der Waals surface area contributed by atoms with E-state index in [9.17, 15) is 4.79 Å². The minimum Gasteiger partial charge on any atom is -0.508 e. The highest BCUT2D eigenvalue weighted by Gasteiger charge is 2.11. The lowest BCUT2D eigenvalue weighted by molar-refractivity contribution is 0.0599. The highest BCUT2D eigenvalue weighted by Crippen LogP contribution is 2.19. The Kier molecular flexibility index (Phi) is 3.53. The number of carbonyl (C=O) groups excluding carboxylic acids is 1. The molecule has 0 heterocycles. The van der Waals surface area contributed by atoms with Crippen LogP contribution in [-0.2, 0) is 9.16 Å². The average Bonchev–Trinajstić information content (AvgIpc) is 2.16. The number of ether oxygens (including phenoxy) is 1. The van der Waals surface area contributed by atoms with Crippen LogP contribution in [0.3, 0.4) is 0 Å². The molecule has 1 aromatic rings. The second-order valence-electron chi connectivity index (χ2n) is 2.47. The molecule has 1 N–H and O–H groups in total. The van der Waals surface area contributed by atoms with Gasteiger partial charge in [0.15, 0.2) is 0 Å². The maximum Gasteiger partial charge on any atom is 0.338 e. The summed E-state index contributed by atoms with van der Waals surface area (Å²) < 4.78 is 5.29. The lowest BCUT2D eigenvalue weighted by Crippen LogP contribution is -2.04. The van der Waals surface area contributed by atoms with E-state index in [1.807, 2.05) is 0 Å². The molecule has 1 aromatic carbocycles. The number of phenols is 1. The first kappa shape index (κ1) is 10.3. The molecule has 0 aliphatic heterocycles. The smallest absolute Gasteiger partial charge is 0.338 e. The Hall–Kier alpha value is -0.780. The Labute approximate surface area is 89.9 Å². The summed E-state index contributed by atoms with van der Waals surface area (Å²) in [6, 6.07) is 4.69. The first-order valence-corrected chi connectivity index (χ1v) is 5.17. The molecule has 0 bridgehead atoms. The number of aromatic hydroxyl groups is 1. The van der Waals surface area contributed by atoms with E-state index >= 15 is 0 Å². The number of rotatable bonds is 2. The predicted octanol–water partition coefficient (Wildman–Crippen LogP) is 2.11. The van der Waals surface area contributed by atoms with Crippen LogP contribution < -0.4 is 0 Å². The lowest BCUT2D eigenvalue weighted by atomic mass is 10.1.